The van der Waals surface area contributed by atoms with Gasteiger partial charge in [0.15, 0.2) is 17.3 Å². The summed E-state index contributed by atoms with van der Waals surface area (Å²) in [6.45, 7) is 1.76. The molecule has 1 aromatic carbocycles. The van der Waals surface area contributed by atoms with Crippen molar-refractivity contribution in [1.29, 1.82) is 0 Å². The second-order valence-corrected chi connectivity index (χ2v) is 6.64. The van der Waals surface area contributed by atoms with Crippen molar-refractivity contribution in [2.75, 3.05) is 0 Å². The molecule has 0 aliphatic rings. The Balaban J connectivity index is 1.98. The van der Waals surface area contributed by atoms with Crippen molar-refractivity contribution < 1.29 is 13.2 Å². The lowest BCUT2D eigenvalue weighted by molar-refractivity contribution is -0.139. The third-order valence-corrected chi connectivity index (χ3v) is 4.61. The molecule has 6 nitrogen and oxygen atoms in total. The summed E-state index contributed by atoms with van der Waals surface area (Å²) in [5.41, 5.74) is -1.17. The first-order valence-corrected chi connectivity index (χ1v) is 8.88. The van der Waals surface area contributed by atoms with Crippen molar-refractivity contribution in [1.82, 2.24) is 24.5 Å². The summed E-state index contributed by atoms with van der Waals surface area (Å²) in [7, 11) is 0. The predicted octanol–water partition coefficient (Wildman–Crippen LogP) is 4.00. The van der Waals surface area contributed by atoms with E-state index in [4.69, 9.17) is 0 Å². The molecule has 3 heterocycles. The number of aromatic amines is 1. The van der Waals surface area contributed by atoms with Gasteiger partial charge in [0.25, 0.3) is 5.56 Å². The number of pyridine rings is 1. The molecule has 0 amide bonds. The molecule has 0 bridgehead atoms. The minimum absolute atomic E-state index is 0.0770. The number of alkyl halides is 3. The number of nitrogens with zero attached hydrogens (tertiary/aromatic N) is 4. The van der Waals surface area contributed by atoms with Crippen molar-refractivity contribution in [3.8, 4) is 11.6 Å². The minimum Gasteiger partial charge on any atom is -0.342 e. The molecular weight excluding hydrogens is 383 g/mol. The van der Waals surface area contributed by atoms with Gasteiger partial charge < -0.3 is 4.98 Å². The van der Waals surface area contributed by atoms with Crippen LogP contribution in [0.15, 0.2) is 59.8 Å². The van der Waals surface area contributed by atoms with Gasteiger partial charge in [-0.25, -0.2) is 9.97 Å². The molecule has 0 fully saturated rings. The van der Waals surface area contributed by atoms with Crippen LogP contribution >= 0.6 is 0 Å². The zero-order valence-electron chi connectivity index (χ0n) is 15.3. The van der Waals surface area contributed by atoms with Crippen LogP contribution in [0.5, 0.6) is 0 Å². The molecule has 0 aliphatic heterocycles. The van der Waals surface area contributed by atoms with Crippen LogP contribution in [-0.2, 0) is 12.6 Å². The lowest BCUT2D eigenvalue weighted by Gasteiger charge is -2.20. The second-order valence-electron chi connectivity index (χ2n) is 6.64. The lowest BCUT2D eigenvalue weighted by atomic mass is 10.1. The van der Waals surface area contributed by atoms with Gasteiger partial charge in [-0.15, -0.1) is 0 Å². The Morgan fingerprint density at radius 3 is 2.52 bits per heavy atom. The normalized spacial score (nSPS) is 13.0. The number of H-pyrrole nitrogens is 1. The number of aromatic nitrogens is 5. The summed E-state index contributed by atoms with van der Waals surface area (Å²) >= 11 is 0. The molecule has 0 spiro atoms. The maximum atomic E-state index is 13.5. The van der Waals surface area contributed by atoms with Crippen molar-refractivity contribution in [3.63, 3.8) is 0 Å². The largest absolute Gasteiger partial charge is 0.434 e. The molecule has 4 aromatic rings. The number of fused-ring (bicyclic) bond motifs is 1. The maximum absolute atomic E-state index is 13.5. The standard InChI is InChI=1S/C20H16F3N5O/c1-12(11-13-5-3-2-4-6-13)28-18(17-25-9-10-26-17)27-14-7-8-24-16(20(21,22)23)15(14)19(28)29/h2-10,12H,11H2,1H3,(H,25,26). The van der Waals surface area contributed by atoms with Gasteiger partial charge >= 0.3 is 6.18 Å². The number of halogens is 3. The van der Waals surface area contributed by atoms with Crippen LogP contribution in [0.3, 0.4) is 0 Å². The smallest absolute Gasteiger partial charge is 0.342 e. The van der Waals surface area contributed by atoms with Crippen LogP contribution in [0.25, 0.3) is 22.6 Å². The molecule has 29 heavy (non-hydrogen) atoms. The van der Waals surface area contributed by atoms with E-state index in [0.29, 0.717) is 12.2 Å². The van der Waals surface area contributed by atoms with E-state index in [1.165, 1.54) is 16.8 Å². The Hall–Kier alpha value is -3.49. The maximum Gasteiger partial charge on any atom is 0.434 e. The SMILES string of the molecule is CC(Cc1ccccc1)n1c(-c2ncc[nH]2)nc2ccnc(C(F)(F)F)c2c1=O. The highest BCUT2D eigenvalue weighted by Gasteiger charge is 2.36. The third-order valence-electron chi connectivity index (χ3n) is 4.61. The summed E-state index contributed by atoms with van der Waals surface area (Å²) in [5, 5.41) is -0.546. The number of hydrogen-bond acceptors (Lipinski definition) is 4. The van der Waals surface area contributed by atoms with E-state index < -0.39 is 28.9 Å². The molecule has 0 saturated heterocycles. The lowest BCUT2D eigenvalue weighted by Crippen LogP contribution is -2.29. The molecular formula is C20H16F3N5O. The molecule has 0 saturated carbocycles. The third kappa shape index (κ3) is 3.51. The Labute approximate surface area is 163 Å². The van der Waals surface area contributed by atoms with Gasteiger partial charge in [-0.05, 0) is 25.0 Å². The Bertz CT molecular complexity index is 1200. The molecule has 0 radical (unpaired) electrons. The zero-order valence-corrected chi connectivity index (χ0v) is 15.3. The van der Waals surface area contributed by atoms with Crippen LogP contribution in [0.1, 0.15) is 24.2 Å². The highest BCUT2D eigenvalue weighted by molar-refractivity contribution is 5.81. The fourth-order valence-corrected chi connectivity index (χ4v) is 3.37. The summed E-state index contributed by atoms with van der Waals surface area (Å²) in [6.07, 6.45) is -0.283. The first kappa shape index (κ1) is 18.9. The highest BCUT2D eigenvalue weighted by Crippen LogP contribution is 2.32. The van der Waals surface area contributed by atoms with Gasteiger partial charge in [0.2, 0.25) is 0 Å². The summed E-state index contributed by atoms with van der Waals surface area (Å²) in [6, 6.07) is 10.2. The molecule has 3 aromatic heterocycles. The average molecular weight is 399 g/mol. The molecule has 1 N–H and O–H groups in total. The van der Waals surface area contributed by atoms with E-state index in [9.17, 15) is 18.0 Å². The topological polar surface area (TPSA) is 76.5 Å². The summed E-state index contributed by atoms with van der Waals surface area (Å²) < 4.78 is 41.7. The first-order valence-electron chi connectivity index (χ1n) is 8.88. The van der Waals surface area contributed by atoms with Crippen LogP contribution in [0, 0.1) is 0 Å². The summed E-state index contributed by atoms with van der Waals surface area (Å²) in [4.78, 5) is 28.1. The molecule has 148 valence electrons. The summed E-state index contributed by atoms with van der Waals surface area (Å²) in [5.74, 6) is 0.476. The monoisotopic (exact) mass is 399 g/mol. The number of hydrogen-bond donors (Lipinski definition) is 1. The Morgan fingerprint density at radius 2 is 1.86 bits per heavy atom. The number of imidazole rings is 1. The predicted molar refractivity (Wildman–Crippen MR) is 101 cm³/mol. The second kappa shape index (κ2) is 7.16. The van der Waals surface area contributed by atoms with E-state index in [-0.39, 0.29) is 11.3 Å². The Kier molecular flexibility index (Phi) is 4.65. The van der Waals surface area contributed by atoms with Gasteiger partial charge in [-0.1, -0.05) is 30.3 Å². The fourth-order valence-electron chi connectivity index (χ4n) is 3.37. The quantitative estimate of drug-likeness (QED) is 0.563. The minimum atomic E-state index is -4.77. The van der Waals surface area contributed by atoms with Crippen molar-refractivity contribution in [3.05, 3.63) is 76.6 Å². The van der Waals surface area contributed by atoms with E-state index in [1.54, 1.807) is 13.1 Å². The number of nitrogens with one attached hydrogen (secondary N) is 1. The van der Waals surface area contributed by atoms with Crippen LogP contribution < -0.4 is 5.56 Å². The van der Waals surface area contributed by atoms with Gasteiger partial charge in [0, 0.05) is 24.6 Å². The van der Waals surface area contributed by atoms with Crippen LogP contribution in [-0.4, -0.2) is 24.5 Å². The molecule has 1 atom stereocenters. The molecule has 4 rings (SSSR count). The van der Waals surface area contributed by atoms with Crippen LogP contribution in [0.2, 0.25) is 0 Å². The molecule has 1 unspecified atom stereocenters. The van der Waals surface area contributed by atoms with Crippen molar-refractivity contribution in [2.45, 2.75) is 25.6 Å². The van der Waals surface area contributed by atoms with E-state index in [0.717, 1.165) is 11.8 Å². The van der Waals surface area contributed by atoms with Crippen molar-refractivity contribution >= 4 is 10.9 Å². The van der Waals surface area contributed by atoms with Crippen molar-refractivity contribution in [2.24, 2.45) is 0 Å². The average Bonchev–Trinajstić information content (AvgIpc) is 3.22. The van der Waals surface area contributed by atoms with Gasteiger partial charge in [0.05, 0.1) is 10.9 Å². The highest BCUT2D eigenvalue weighted by atomic mass is 19.4. The van der Waals surface area contributed by atoms with E-state index >= 15 is 0 Å². The van der Waals surface area contributed by atoms with E-state index in [1.807, 2.05) is 30.3 Å². The first-order chi connectivity index (χ1) is 13.9. The van der Waals surface area contributed by atoms with Gasteiger partial charge in [-0.2, -0.15) is 13.2 Å². The van der Waals surface area contributed by atoms with Crippen LogP contribution in [0.4, 0.5) is 13.2 Å². The number of rotatable bonds is 4. The number of benzene rings is 1. The zero-order chi connectivity index (χ0) is 20.6. The molecule has 0 aliphatic carbocycles. The Morgan fingerprint density at radius 1 is 1.10 bits per heavy atom. The van der Waals surface area contributed by atoms with Gasteiger partial charge in [0.1, 0.15) is 0 Å². The fraction of sp³-hybridized carbons (Fsp3) is 0.200. The van der Waals surface area contributed by atoms with E-state index in [2.05, 4.69) is 19.9 Å². The van der Waals surface area contributed by atoms with Gasteiger partial charge in [-0.3, -0.25) is 14.3 Å². The molecule has 9 heteroatoms.